The van der Waals surface area contributed by atoms with Crippen LogP contribution in [0.4, 0.5) is 22.0 Å². The Bertz CT molecular complexity index is 1130. The average molecular weight is 505 g/mol. The van der Waals surface area contributed by atoms with Crippen molar-refractivity contribution in [3.05, 3.63) is 65.0 Å². The Morgan fingerprint density at radius 3 is 2.29 bits per heavy atom. The number of carbonyl (C=O) groups excluding carboxylic acids is 1. The highest BCUT2D eigenvalue weighted by Crippen LogP contribution is 2.41. The van der Waals surface area contributed by atoms with E-state index in [9.17, 15) is 35.2 Å². The third-order valence-electron chi connectivity index (χ3n) is 5.69. The lowest BCUT2D eigenvalue weighted by Gasteiger charge is -2.33. The second kappa shape index (κ2) is 9.99. The van der Waals surface area contributed by atoms with Crippen LogP contribution in [0.15, 0.2) is 47.4 Å². The molecule has 0 bridgehead atoms. The summed E-state index contributed by atoms with van der Waals surface area (Å²) in [5.74, 6) is -1.18. The van der Waals surface area contributed by atoms with Crippen LogP contribution in [0, 0.1) is 11.7 Å². The highest BCUT2D eigenvalue weighted by molar-refractivity contribution is 7.89. The monoisotopic (exact) mass is 504 g/mol. The molecule has 0 unspecified atom stereocenters. The Morgan fingerprint density at radius 1 is 1.09 bits per heavy atom. The molecule has 11 heteroatoms. The number of alkyl halides is 4. The van der Waals surface area contributed by atoms with Crippen LogP contribution in [0.1, 0.15) is 36.6 Å². The van der Waals surface area contributed by atoms with E-state index in [0.717, 1.165) is 29.8 Å². The standard InChI is InChI=1S/C23H25F5N2O3S/c1-15(2)22(31)29-11-9-16-5-8-20(13-18(16)14-29)34(32,33)30(12-10-24)21(23(26,27)28)17-3-6-19(25)7-4-17/h3-8,13,15,21H,9-12,14H2,1-2H3/t21-/m0/s1. The molecule has 0 spiro atoms. The molecule has 3 rings (SSSR count). The molecule has 0 radical (unpaired) electrons. The van der Waals surface area contributed by atoms with Crippen LogP contribution >= 0.6 is 0 Å². The van der Waals surface area contributed by atoms with Crippen molar-refractivity contribution >= 4 is 15.9 Å². The highest BCUT2D eigenvalue weighted by Gasteiger charge is 2.49. The summed E-state index contributed by atoms with van der Waals surface area (Å²) in [5, 5.41) is 0. The molecule has 1 amide bonds. The zero-order valence-electron chi connectivity index (χ0n) is 18.6. The Kier molecular flexibility index (Phi) is 7.66. The van der Waals surface area contributed by atoms with Crippen molar-refractivity contribution in [1.29, 1.82) is 0 Å². The van der Waals surface area contributed by atoms with Crippen molar-refractivity contribution in [1.82, 2.24) is 9.21 Å². The molecule has 1 aliphatic rings. The van der Waals surface area contributed by atoms with E-state index < -0.39 is 51.7 Å². The lowest BCUT2D eigenvalue weighted by Crippen LogP contribution is -2.43. The van der Waals surface area contributed by atoms with E-state index in [-0.39, 0.29) is 22.7 Å². The molecule has 0 saturated carbocycles. The van der Waals surface area contributed by atoms with Gasteiger partial charge < -0.3 is 4.90 Å². The van der Waals surface area contributed by atoms with E-state index in [4.69, 9.17) is 0 Å². The fourth-order valence-electron chi connectivity index (χ4n) is 4.02. The number of benzene rings is 2. The van der Waals surface area contributed by atoms with Gasteiger partial charge in [0.05, 0.1) is 4.90 Å². The van der Waals surface area contributed by atoms with Gasteiger partial charge in [-0.15, -0.1) is 0 Å². The van der Waals surface area contributed by atoms with E-state index in [2.05, 4.69) is 0 Å². The molecule has 0 saturated heterocycles. The summed E-state index contributed by atoms with van der Waals surface area (Å²) in [6, 6.07) is 4.47. The van der Waals surface area contributed by atoms with Crippen LogP contribution in [0.25, 0.3) is 0 Å². The van der Waals surface area contributed by atoms with E-state index in [1.165, 1.54) is 18.2 Å². The Morgan fingerprint density at radius 2 is 1.74 bits per heavy atom. The first-order valence-electron chi connectivity index (χ1n) is 10.7. The molecule has 34 heavy (non-hydrogen) atoms. The van der Waals surface area contributed by atoms with Crippen molar-refractivity contribution in [3.63, 3.8) is 0 Å². The van der Waals surface area contributed by atoms with Gasteiger partial charge in [0.2, 0.25) is 15.9 Å². The van der Waals surface area contributed by atoms with Crippen molar-refractivity contribution in [3.8, 4) is 0 Å². The summed E-state index contributed by atoms with van der Waals surface area (Å²) in [4.78, 5) is 13.5. The molecule has 1 heterocycles. The minimum Gasteiger partial charge on any atom is -0.338 e. The van der Waals surface area contributed by atoms with Gasteiger partial charge in [0.1, 0.15) is 18.5 Å². The molecule has 0 aliphatic carbocycles. The van der Waals surface area contributed by atoms with Crippen molar-refractivity contribution in [2.75, 3.05) is 19.8 Å². The average Bonchev–Trinajstić information content (AvgIpc) is 2.77. The zero-order valence-corrected chi connectivity index (χ0v) is 19.5. The smallest absolute Gasteiger partial charge is 0.338 e. The van der Waals surface area contributed by atoms with Crippen molar-refractivity contribution in [2.45, 2.75) is 43.9 Å². The number of nitrogens with zero attached hydrogens (tertiary/aromatic N) is 2. The normalized spacial score (nSPS) is 15.5. The largest absolute Gasteiger partial charge is 0.409 e. The van der Waals surface area contributed by atoms with Crippen molar-refractivity contribution < 1.29 is 35.2 Å². The summed E-state index contributed by atoms with van der Waals surface area (Å²) in [7, 11) is -4.82. The second-order valence-corrected chi connectivity index (χ2v) is 10.3. The topological polar surface area (TPSA) is 57.7 Å². The maximum atomic E-state index is 14.0. The number of rotatable bonds is 7. The maximum Gasteiger partial charge on any atom is 0.409 e. The number of amides is 1. The van der Waals surface area contributed by atoms with E-state index in [1.54, 1.807) is 18.7 Å². The van der Waals surface area contributed by atoms with Crippen LogP contribution in [0.2, 0.25) is 0 Å². The van der Waals surface area contributed by atoms with E-state index >= 15 is 0 Å². The minimum atomic E-state index is -5.09. The molecule has 186 valence electrons. The van der Waals surface area contributed by atoms with Gasteiger partial charge in [0.15, 0.2) is 0 Å². The zero-order chi connectivity index (χ0) is 25.3. The quantitative estimate of drug-likeness (QED) is 0.517. The number of sulfonamides is 1. The molecule has 2 aromatic carbocycles. The lowest BCUT2D eigenvalue weighted by atomic mass is 9.99. The number of hydrogen-bond acceptors (Lipinski definition) is 3. The number of fused-ring (bicyclic) bond motifs is 1. The maximum absolute atomic E-state index is 14.0. The lowest BCUT2D eigenvalue weighted by molar-refractivity contribution is -0.174. The molecule has 5 nitrogen and oxygen atoms in total. The first-order valence-corrected chi connectivity index (χ1v) is 12.1. The highest BCUT2D eigenvalue weighted by atomic mass is 32.2. The first-order chi connectivity index (χ1) is 15.9. The summed E-state index contributed by atoms with van der Waals surface area (Å²) in [6.07, 6.45) is -4.61. The number of carbonyl (C=O) groups is 1. The van der Waals surface area contributed by atoms with Crippen LogP contribution < -0.4 is 0 Å². The minimum absolute atomic E-state index is 0.0574. The molecule has 2 aromatic rings. The summed E-state index contributed by atoms with van der Waals surface area (Å²) in [5.41, 5.74) is 0.763. The third-order valence-corrected chi connectivity index (χ3v) is 7.55. The molecular weight excluding hydrogens is 479 g/mol. The summed E-state index contributed by atoms with van der Waals surface area (Å²) in [6.45, 7) is 1.65. The van der Waals surface area contributed by atoms with Gasteiger partial charge in [0, 0.05) is 25.6 Å². The third kappa shape index (κ3) is 5.41. The first kappa shape index (κ1) is 26.1. The van der Waals surface area contributed by atoms with Crippen LogP contribution in [0.3, 0.4) is 0 Å². The van der Waals surface area contributed by atoms with E-state index in [0.29, 0.717) is 18.5 Å². The Labute approximate surface area is 195 Å². The molecule has 0 N–H and O–H groups in total. The SMILES string of the molecule is CC(C)C(=O)N1CCc2ccc(S(=O)(=O)N(CCF)[C@@H](c3ccc(F)cc3)C(F)(F)F)cc2C1. The van der Waals surface area contributed by atoms with Crippen LogP contribution in [-0.2, 0) is 27.8 Å². The van der Waals surface area contributed by atoms with Gasteiger partial charge in [-0.25, -0.2) is 17.2 Å². The second-order valence-electron chi connectivity index (χ2n) is 8.40. The Balaban J connectivity index is 2.04. The van der Waals surface area contributed by atoms with E-state index in [1.807, 2.05) is 0 Å². The number of halogens is 5. The predicted octanol–water partition coefficient (Wildman–Crippen LogP) is 4.63. The van der Waals surface area contributed by atoms with Gasteiger partial charge in [-0.05, 0) is 47.4 Å². The molecule has 0 aromatic heterocycles. The number of hydrogen-bond donors (Lipinski definition) is 0. The molecular formula is C23H25F5N2O3S. The molecule has 0 fully saturated rings. The van der Waals surface area contributed by atoms with Gasteiger partial charge in [0.25, 0.3) is 0 Å². The van der Waals surface area contributed by atoms with Crippen LogP contribution in [0.5, 0.6) is 0 Å². The molecule has 1 atom stereocenters. The fraction of sp³-hybridized carbons (Fsp3) is 0.435. The predicted molar refractivity (Wildman–Crippen MR) is 115 cm³/mol. The van der Waals surface area contributed by atoms with Crippen LogP contribution in [-0.4, -0.2) is 49.5 Å². The Hall–Kier alpha value is -2.53. The fourth-order valence-corrected chi connectivity index (χ4v) is 5.65. The van der Waals surface area contributed by atoms with Gasteiger partial charge in [-0.3, -0.25) is 4.79 Å². The summed E-state index contributed by atoms with van der Waals surface area (Å²) < 4.78 is 95.6. The molecule has 1 aliphatic heterocycles. The van der Waals surface area contributed by atoms with Gasteiger partial charge in [-0.2, -0.15) is 17.5 Å². The summed E-state index contributed by atoms with van der Waals surface area (Å²) >= 11 is 0. The van der Waals surface area contributed by atoms with Gasteiger partial charge >= 0.3 is 6.18 Å². The van der Waals surface area contributed by atoms with Crippen molar-refractivity contribution in [2.24, 2.45) is 5.92 Å². The van der Waals surface area contributed by atoms with Gasteiger partial charge in [-0.1, -0.05) is 32.0 Å².